The SMILES string of the molecule is COc1ccc(NC(=O)CC2SC(=Nc3ccccc3)N(Cc3ccc(F)cc3)C2=O)c(OC)c1. The number of carbonyl (C=O) groups is 2. The molecule has 0 bridgehead atoms. The number of amidine groups is 1. The van der Waals surface area contributed by atoms with Crippen molar-refractivity contribution in [3.63, 3.8) is 0 Å². The summed E-state index contributed by atoms with van der Waals surface area (Å²) in [7, 11) is 3.04. The molecule has 2 amide bonds. The van der Waals surface area contributed by atoms with Crippen LogP contribution in [0.15, 0.2) is 77.8 Å². The molecular formula is C26H24FN3O4S. The minimum Gasteiger partial charge on any atom is -0.497 e. The van der Waals surface area contributed by atoms with Gasteiger partial charge in [-0.15, -0.1) is 0 Å². The number of halogens is 1. The van der Waals surface area contributed by atoms with Gasteiger partial charge in [-0.1, -0.05) is 42.1 Å². The summed E-state index contributed by atoms with van der Waals surface area (Å²) in [5.41, 5.74) is 1.93. The molecule has 35 heavy (non-hydrogen) atoms. The van der Waals surface area contributed by atoms with E-state index in [1.165, 1.54) is 35.9 Å². The van der Waals surface area contributed by atoms with Gasteiger partial charge in [0.1, 0.15) is 22.6 Å². The van der Waals surface area contributed by atoms with E-state index in [4.69, 9.17) is 9.47 Å². The Morgan fingerprint density at radius 1 is 1.06 bits per heavy atom. The van der Waals surface area contributed by atoms with Crippen molar-refractivity contribution in [2.24, 2.45) is 4.99 Å². The minimum absolute atomic E-state index is 0.0492. The van der Waals surface area contributed by atoms with Crippen LogP contribution in [0.25, 0.3) is 0 Å². The highest BCUT2D eigenvalue weighted by atomic mass is 32.2. The van der Waals surface area contributed by atoms with Crippen molar-refractivity contribution in [1.29, 1.82) is 0 Å². The van der Waals surface area contributed by atoms with Crippen LogP contribution >= 0.6 is 11.8 Å². The number of amides is 2. The second-order valence-electron chi connectivity index (χ2n) is 7.71. The van der Waals surface area contributed by atoms with E-state index in [0.29, 0.717) is 28.0 Å². The number of carbonyl (C=O) groups excluding carboxylic acids is 2. The first kappa shape index (κ1) is 24.3. The standard InChI is InChI=1S/C26H24FN3O4S/c1-33-20-12-13-21(22(14-20)34-2)29-24(31)15-23-25(32)30(16-17-8-10-18(27)11-9-17)26(35-23)28-19-6-4-3-5-7-19/h3-14,23H,15-16H2,1-2H3,(H,29,31). The lowest BCUT2D eigenvalue weighted by molar-refractivity contribution is -0.128. The third kappa shape index (κ3) is 5.99. The zero-order valence-electron chi connectivity index (χ0n) is 19.2. The number of anilines is 1. The number of nitrogens with one attached hydrogen (secondary N) is 1. The Morgan fingerprint density at radius 3 is 2.49 bits per heavy atom. The minimum atomic E-state index is -0.651. The van der Waals surface area contributed by atoms with Crippen LogP contribution in [0, 0.1) is 5.82 Å². The highest BCUT2D eigenvalue weighted by Gasteiger charge is 2.39. The molecule has 1 aliphatic rings. The average molecular weight is 494 g/mol. The molecule has 0 saturated carbocycles. The maximum Gasteiger partial charge on any atom is 0.242 e. The molecule has 1 N–H and O–H groups in total. The molecule has 1 aliphatic heterocycles. The van der Waals surface area contributed by atoms with Gasteiger partial charge in [-0.25, -0.2) is 9.38 Å². The van der Waals surface area contributed by atoms with Crippen LogP contribution in [0.5, 0.6) is 11.5 Å². The van der Waals surface area contributed by atoms with Gasteiger partial charge >= 0.3 is 0 Å². The fourth-order valence-corrected chi connectivity index (χ4v) is 4.68. The summed E-state index contributed by atoms with van der Waals surface area (Å²) in [6.45, 7) is 0.224. The molecule has 1 fully saturated rings. The highest BCUT2D eigenvalue weighted by Crippen LogP contribution is 2.34. The number of methoxy groups -OCH3 is 2. The first-order chi connectivity index (χ1) is 17.0. The molecule has 0 aliphatic carbocycles. The van der Waals surface area contributed by atoms with E-state index in [1.54, 1.807) is 37.4 Å². The number of benzene rings is 3. The Labute approximate surface area is 207 Å². The second kappa shape index (κ2) is 11.1. The number of hydrogen-bond donors (Lipinski definition) is 1. The van der Waals surface area contributed by atoms with Crippen LogP contribution in [-0.2, 0) is 16.1 Å². The van der Waals surface area contributed by atoms with E-state index < -0.39 is 5.25 Å². The summed E-state index contributed by atoms with van der Waals surface area (Å²) in [5, 5.41) is 2.65. The van der Waals surface area contributed by atoms with E-state index in [-0.39, 0.29) is 30.6 Å². The molecule has 4 rings (SSSR count). The monoisotopic (exact) mass is 493 g/mol. The van der Waals surface area contributed by atoms with Gasteiger partial charge in [0.05, 0.1) is 32.1 Å². The predicted octanol–water partition coefficient (Wildman–Crippen LogP) is 5.00. The van der Waals surface area contributed by atoms with E-state index in [9.17, 15) is 14.0 Å². The lowest BCUT2D eigenvalue weighted by atomic mass is 10.2. The molecule has 1 saturated heterocycles. The number of para-hydroxylation sites is 1. The molecule has 1 unspecified atom stereocenters. The van der Waals surface area contributed by atoms with Crippen LogP contribution in [-0.4, -0.2) is 41.4 Å². The molecule has 3 aromatic carbocycles. The Morgan fingerprint density at radius 2 is 1.80 bits per heavy atom. The van der Waals surface area contributed by atoms with Gasteiger partial charge in [-0.05, 0) is 42.0 Å². The number of rotatable bonds is 8. The van der Waals surface area contributed by atoms with E-state index in [2.05, 4.69) is 10.3 Å². The number of aliphatic imine (C=N–C) groups is 1. The first-order valence-corrected chi connectivity index (χ1v) is 11.7. The molecule has 180 valence electrons. The van der Waals surface area contributed by atoms with Gasteiger partial charge in [0.15, 0.2) is 5.17 Å². The molecular weight excluding hydrogens is 469 g/mol. The zero-order chi connectivity index (χ0) is 24.8. The third-order valence-corrected chi connectivity index (χ3v) is 6.48. The lowest BCUT2D eigenvalue weighted by Gasteiger charge is -2.17. The van der Waals surface area contributed by atoms with Crippen molar-refractivity contribution in [3.8, 4) is 11.5 Å². The Hall–Kier alpha value is -3.85. The van der Waals surface area contributed by atoms with Gasteiger partial charge in [0.25, 0.3) is 0 Å². The maximum absolute atomic E-state index is 13.4. The molecule has 9 heteroatoms. The topological polar surface area (TPSA) is 80.2 Å². The number of ether oxygens (including phenoxy) is 2. The summed E-state index contributed by atoms with van der Waals surface area (Å²) in [4.78, 5) is 32.3. The van der Waals surface area contributed by atoms with Crippen molar-refractivity contribution in [3.05, 3.63) is 84.2 Å². The van der Waals surface area contributed by atoms with Crippen LogP contribution in [0.3, 0.4) is 0 Å². The molecule has 1 heterocycles. The molecule has 1 atom stereocenters. The number of hydrogen-bond acceptors (Lipinski definition) is 6. The van der Waals surface area contributed by atoms with Crippen molar-refractivity contribution < 1.29 is 23.5 Å². The highest BCUT2D eigenvalue weighted by molar-refractivity contribution is 8.15. The molecule has 0 spiro atoms. The van der Waals surface area contributed by atoms with Gasteiger partial charge in [-0.3, -0.25) is 14.5 Å². The van der Waals surface area contributed by atoms with Crippen LogP contribution in [0.1, 0.15) is 12.0 Å². The largest absolute Gasteiger partial charge is 0.497 e. The fraction of sp³-hybridized carbons (Fsp3) is 0.192. The third-order valence-electron chi connectivity index (χ3n) is 5.31. The average Bonchev–Trinajstić information content (AvgIpc) is 3.14. The maximum atomic E-state index is 13.4. The number of thioether (sulfide) groups is 1. The quantitative estimate of drug-likeness (QED) is 0.478. The predicted molar refractivity (Wildman–Crippen MR) is 135 cm³/mol. The van der Waals surface area contributed by atoms with Crippen LogP contribution < -0.4 is 14.8 Å². The van der Waals surface area contributed by atoms with Crippen molar-refractivity contribution in [1.82, 2.24) is 4.90 Å². The molecule has 0 aromatic heterocycles. The van der Waals surface area contributed by atoms with Gasteiger partial charge < -0.3 is 14.8 Å². The van der Waals surface area contributed by atoms with E-state index in [0.717, 1.165) is 5.56 Å². The Balaban J connectivity index is 1.53. The summed E-state index contributed by atoms with van der Waals surface area (Å²) in [5.74, 6) is 0.136. The first-order valence-electron chi connectivity index (χ1n) is 10.8. The smallest absolute Gasteiger partial charge is 0.242 e. The van der Waals surface area contributed by atoms with Gasteiger partial charge in [0, 0.05) is 12.5 Å². The van der Waals surface area contributed by atoms with Crippen molar-refractivity contribution >= 4 is 40.1 Å². The second-order valence-corrected chi connectivity index (χ2v) is 8.88. The van der Waals surface area contributed by atoms with Crippen molar-refractivity contribution in [2.45, 2.75) is 18.2 Å². The lowest BCUT2D eigenvalue weighted by Crippen LogP contribution is -2.33. The summed E-state index contributed by atoms with van der Waals surface area (Å²) in [6, 6.07) is 20.3. The molecule has 7 nitrogen and oxygen atoms in total. The Kier molecular flexibility index (Phi) is 7.67. The number of nitrogens with zero attached hydrogens (tertiary/aromatic N) is 2. The molecule has 0 radical (unpaired) electrons. The van der Waals surface area contributed by atoms with Crippen LogP contribution in [0.4, 0.5) is 15.8 Å². The van der Waals surface area contributed by atoms with Crippen molar-refractivity contribution in [2.75, 3.05) is 19.5 Å². The summed E-state index contributed by atoms with van der Waals surface area (Å²) >= 11 is 1.24. The summed E-state index contributed by atoms with van der Waals surface area (Å²) in [6.07, 6.45) is -0.0492. The normalized spacial score (nSPS) is 16.4. The summed E-state index contributed by atoms with van der Waals surface area (Å²) < 4.78 is 23.9. The fourth-order valence-electron chi connectivity index (χ4n) is 3.53. The zero-order valence-corrected chi connectivity index (χ0v) is 20.0. The van der Waals surface area contributed by atoms with Gasteiger partial charge in [0.2, 0.25) is 11.8 Å². The van der Waals surface area contributed by atoms with Crippen LogP contribution in [0.2, 0.25) is 0 Å². The molecule has 3 aromatic rings. The Bertz CT molecular complexity index is 1240. The van der Waals surface area contributed by atoms with E-state index in [1.807, 2.05) is 30.3 Å². The van der Waals surface area contributed by atoms with Gasteiger partial charge in [-0.2, -0.15) is 0 Å². The van der Waals surface area contributed by atoms with E-state index >= 15 is 0 Å².